The zero-order valence-corrected chi connectivity index (χ0v) is 15.6. The number of halogens is 1. The molecule has 6 heteroatoms. The third kappa shape index (κ3) is 4.17. The predicted molar refractivity (Wildman–Crippen MR) is 110 cm³/mol. The highest BCUT2D eigenvalue weighted by Crippen LogP contribution is 2.25. The maximum Gasteiger partial charge on any atom is 0.251 e. The van der Waals surface area contributed by atoms with Gasteiger partial charge in [-0.3, -0.25) is 9.89 Å². The molecule has 0 radical (unpaired) electrons. The minimum atomic E-state index is -0.404. The van der Waals surface area contributed by atoms with E-state index in [1.807, 2.05) is 36.4 Å². The molecule has 29 heavy (non-hydrogen) atoms. The Morgan fingerprint density at radius 3 is 2.66 bits per heavy atom. The summed E-state index contributed by atoms with van der Waals surface area (Å²) in [5.41, 5.74) is 4.12. The molecule has 0 spiro atoms. The topological polar surface area (TPSA) is 78.0 Å². The molecule has 0 aliphatic carbocycles. The lowest BCUT2D eigenvalue weighted by Gasteiger charge is -2.18. The monoisotopic (exact) mass is 389 g/mol. The van der Waals surface area contributed by atoms with Gasteiger partial charge < -0.3 is 10.4 Å². The zero-order valence-electron chi connectivity index (χ0n) is 15.6. The normalized spacial score (nSPS) is 12.1. The number of nitrogens with zero attached hydrogens (tertiary/aromatic N) is 1. The number of carbonyl (C=O) groups excluding carboxylic acids is 1. The number of H-pyrrole nitrogens is 1. The number of hydrogen-bond acceptors (Lipinski definition) is 3. The van der Waals surface area contributed by atoms with Crippen LogP contribution in [0.2, 0.25) is 0 Å². The van der Waals surface area contributed by atoms with E-state index < -0.39 is 6.04 Å². The number of aliphatic hydroxyl groups excluding tert-OH is 1. The van der Waals surface area contributed by atoms with E-state index in [9.17, 15) is 14.3 Å². The van der Waals surface area contributed by atoms with Crippen LogP contribution in [0.25, 0.3) is 22.0 Å². The highest BCUT2D eigenvalue weighted by molar-refractivity contribution is 5.96. The molecule has 0 fully saturated rings. The van der Waals surface area contributed by atoms with Crippen LogP contribution in [0, 0.1) is 5.82 Å². The van der Waals surface area contributed by atoms with Crippen molar-refractivity contribution >= 4 is 16.8 Å². The van der Waals surface area contributed by atoms with Crippen LogP contribution in [0.3, 0.4) is 0 Å². The number of fused-ring (bicyclic) bond motifs is 1. The highest BCUT2D eigenvalue weighted by atomic mass is 19.1. The fourth-order valence-corrected chi connectivity index (χ4v) is 3.35. The summed E-state index contributed by atoms with van der Waals surface area (Å²) in [5.74, 6) is -0.593. The quantitative estimate of drug-likeness (QED) is 0.462. The van der Waals surface area contributed by atoms with Gasteiger partial charge in [0.2, 0.25) is 0 Å². The van der Waals surface area contributed by atoms with Crippen molar-refractivity contribution in [2.45, 2.75) is 12.5 Å². The van der Waals surface area contributed by atoms with Crippen molar-refractivity contribution in [1.82, 2.24) is 15.5 Å². The minimum absolute atomic E-state index is 0.0902. The molecule has 0 aliphatic rings. The first kappa shape index (κ1) is 18.8. The van der Waals surface area contributed by atoms with Crippen LogP contribution in [0.1, 0.15) is 28.4 Å². The van der Waals surface area contributed by atoms with E-state index in [1.165, 1.54) is 12.1 Å². The lowest BCUT2D eigenvalue weighted by atomic mass is 10.0. The van der Waals surface area contributed by atoms with Gasteiger partial charge in [-0.05, 0) is 59.5 Å². The van der Waals surface area contributed by atoms with Gasteiger partial charge in [0, 0.05) is 17.6 Å². The Kier molecular flexibility index (Phi) is 5.35. The van der Waals surface area contributed by atoms with Crippen LogP contribution in [0.15, 0.2) is 72.9 Å². The maximum atomic E-state index is 13.2. The van der Waals surface area contributed by atoms with Crippen molar-refractivity contribution in [2.75, 3.05) is 6.61 Å². The van der Waals surface area contributed by atoms with Crippen molar-refractivity contribution in [3.63, 3.8) is 0 Å². The first-order valence-corrected chi connectivity index (χ1v) is 9.35. The molecule has 5 nitrogen and oxygen atoms in total. The molecule has 0 saturated carbocycles. The third-order valence-corrected chi connectivity index (χ3v) is 4.89. The number of nitrogens with one attached hydrogen (secondary N) is 2. The average molecular weight is 389 g/mol. The molecule has 146 valence electrons. The number of hydrogen-bond donors (Lipinski definition) is 3. The van der Waals surface area contributed by atoms with E-state index in [1.54, 1.807) is 24.4 Å². The maximum absolute atomic E-state index is 13.2. The summed E-state index contributed by atoms with van der Waals surface area (Å²) < 4.78 is 13.2. The second-order valence-electron chi connectivity index (χ2n) is 6.84. The molecule has 1 aromatic heterocycles. The van der Waals surface area contributed by atoms with Gasteiger partial charge in [0.1, 0.15) is 5.82 Å². The molecule has 3 aromatic carbocycles. The van der Waals surface area contributed by atoms with Gasteiger partial charge in [-0.1, -0.05) is 30.3 Å². The SMILES string of the molecule is O=C(NC(CCO)c1ccc(F)cc1)c1cccc(-c2ccc3[nH]ncc3c2)c1. The van der Waals surface area contributed by atoms with Gasteiger partial charge in [-0.25, -0.2) is 4.39 Å². The second-order valence-corrected chi connectivity index (χ2v) is 6.84. The summed E-state index contributed by atoms with van der Waals surface area (Å²) in [6.45, 7) is -0.0902. The molecule has 4 rings (SSSR count). The first-order valence-electron chi connectivity index (χ1n) is 9.35. The molecule has 4 aromatic rings. The number of rotatable bonds is 6. The standard InChI is InChI=1S/C23H20FN3O2/c24-20-7-4-15(5-8-20)21(10-11-28)26-23(29)18-3-1-2-16(12-18)17-6-9-22-19(13-17)14-25-27-22/h1-9,12-14,21,28H,10-11H2,(H,25,27)(H,26,29). The molecule has 1 unspecified atom stereocenters. The van der Waals surface area contributed by atoms with Crippen LogP contribution in [0.5, 0.6) is 0 Å². The van der Waals surface area contributed by atoms with Crippen LogP contribution in [0.4, 0.5) is 4.39 Å². The molecule has 0 saturated heterocycles. The van der Waals surface area contributed by atoms with Crippen molar-refractivity contribution in [1.29, 1.82) is 0 Å². The van der Waals surface area contributed by atoms with Crippen LogP contribution < -0.4 is 5.32 Å². The second kappa shape index (κ2) is 8.24. The number of benzene rings is 3. The van der Waals surface area contributed by atoms with E-state index in [0.717, 1.165) is 27.6 Å². The summed E-state index contributed by atoms with van der Waals surface area (Å²) in [5, 5.41) is 20.3. The summed E-state index contributed by atoms with van der Waals surface area (Å²) in [6, 6.07) is 18.8. The summed E-state index contributed by atoms with van der Waals surface area (Å²) in [7, 11) is 0. The Bertz CT molecular complexity index is 1140. The number of aromatic amines is 1. The highest BCUT2D eigenvalue weighted by Gasteiger charge is 2.16. The molecular formula is C23H20FN3O2. The van der Waals surface area contributed by atoms with Gasteiger partial charge >= 0.3 is 0 Å². The van der Waals surface area contributed by atoms with Crippen molar-refractivity contribution in [3.8, 4) is 11.1 Å². The molecule has 0 bridgehead atoms. The lowest BCUT2D eigenvalue weighted by Crippen LogP contribution is -2.29. The number of carbonyl (C=O) groups is 1. The summed E-state index contributed by atoms with van der Waals surface area (Å²) in [4.78, 5) is 12.8. The summed E-state index contributed by atoms with van der Waals surface area (Å²) >= 11 is 0. The number of amides is 1. The summed E-state index contributed by atoms with van der Waals surface area (Å²) in [6.07, 6.45) is 2.10. The smallest absolute Gasteiger partial charge is 0.251 e. The predicted octanol–water partition coefficient (Wildman–Crippen LogP) is 4.22. The Morgan fingerprint density at radius 2 is 1.86 bits per heavy atom. The molecular weight excluding hydrogens is 369 g/mol. The fourth-order valence-electron chi connectivity index (χ4n) is 3.35. The van der Waals surface area contributed by atoms with E-state index in [2.05, 4.69) is 15.5 Å². The van der Waals surface area contributed by atoms with Crippen molar-refractivity contribution in [3.05, 3.63) is 89.9 Å². The molecule has 0 aliphatic heterocycles. The Hall–Kier alpha value is -3.51. The molecule has 1 amide bonds. The van der Waals surface area contributed by atoms with Gasteiger partial charge in [0.15, 0.2) is 0 Å². The van der Waals surface area contributed by atoms with Crippen LogP contribution in [-0.2, 0) is 0 Å². The molecule has 1 atom stereocenters. The van der Waals surface area contributed by atoms with Crippen molar-refractivity contribution < 1.29 is 14.3 Å². The van der Waals surface area contributed by atoms with Gasteiger partial charge in [-0.2, -0.15) is 5.10 Å². The molecule has 1 heterocycles. The van der Waals surface area contributed by atoms with E-state index in [4.69, 9.17) is 0 Å². The van der Waals surface area contributed by atoms with E-state index >= 15 is 0 Å². The lowest BCUT2D eigenvalue weighted by molar-refractivity contribution is 0.0930. The third-order valence-electron chi connectivity index (χ3n) is 4.89. The van der Waals surface area contributed by atoms with Crippen molar-refractivity contribution in [2.24, 2.45) is 0 Å². The Morgan fingerprint density at radius 1 is 1.07 bits per heavy atom. The Balaban J connectivity index is 1.57. The number of aromatic nitrogens is 2. The van der Waals surface area contributed by atoms with Gasteiger partial charge in [0.25, 0.3) is 5.91 Å². The minimum Gasteiger partial charge on any atom is -0.396 e. The Labute approximate surface area is 167 Å². The number of aliphatic hydroxyl groups is 1. The zero-order chi connectivity index (χ0) is 20.2. The molecule has 3 N–H and O–H groups in total. The van der Waals surface area contributed by atoms with Crippen LogP contribution in [-0.4, -0.2) is 27.8 Å². The van der Waals surface area contributed by atoms with Gasteiger partial charge in [0.05, 0.1) is 17.8 Å². The average Bonchev–Trinajstić information content (AvgIpc) is 3.22. The largest absolute Gasteiger partial charge is 0.396 e. The van der Waals surface area contributed by atoms with Gasteiger partial charge in [-0.15, -0.1) is 0 Å². The van der Waals surface area contributed by atoms with Crippen LogP contribution >= 0.6 is 0 Å². The van der Waals surface area contributed by atoms with E-state index in [0.29, 0.717) is 12.0 Å². The first-order chi connectivity index (χ1) is 14.1. The fraction of sp³-hybridized carbons (Fsp3) is 0.130. The van der Waals surface area contributed by atoms with E-state index in [-0.39, 0.29) is 18.3 Å².